The Morgan fingerprint density at radius 1 is 1.25 bits per heavy atom. The molecule has 0 aromatic heterocycles. The largest absolute Gasteiger partial charge is 0.354 e. The van der Waals surface area contributed by atoms with Crippen molar-refractivity contribution in [3.05, 3.63) is 35.4 Å². The summed E-state index contributed by atoms with van der Waals surface area (Å²) in [4.78, 5) is 4.36. The van der Waals surface area contributed by atoms with Crippen LogP contribution >= 0.6 is 0 Å². The fraction of sp³-hybridized carbons (Fsp3) is 0.533. The Balaban J connectivity index is 1.64. The van der Waals surface area contributed by atoms with Crippen LogP contribution < -0.4 is 10.6 Å². The van der Waals surface area contributed by atoms with E-state index in [1.165, 1.54) is 31.0 Å². The van der Waals surface area contributed by atoms with Crippen LogP contribution in [-0.4, -0.2) is 24.6 Å². The summed E-state index contributed by atoms with van der Waals surface area (Å²) in [6, 6.07) is 4.61. The molecule has 2 saturated carbocycles. The Labute approximate surface area is 117 Å². The Morgan fingerprint density at radius 2 is 1.95 bits per heavy atom. The Hall–Kier alpha value is -1.65. The van der Waals surface area contributed by atoms with Gasteiger partial charge in [0.1, 0.15) is 11.6 Å². The molecule has 0 heterocycles. The summed E-state index contributed by atoms with van der Waals surface area (Å²) in [6.07, 6.45) is 3.08. The van der Waals surface area contributed by atoms with E-state index >= 15 is 0 Å². The lowest BCUT2D eigenvalue weighted by Gasteiger charge is -2.12. The predicted molar refractivity (Wildman–Crippen MR) is 74.8 cm³/mol. The fourth-order valence-corrected chi connectivity index (χ4v) is 2.43. The first-order valence-corrected chi connectivity index (χ1v) is 7.20. The van der Waals surface area contributed by atoms with Crippen LogP contribution in [0.1, 0.15) is 37.7 Å². The molecule has 1 aromatic rings. The third kappa shape index (κ3) is 2.92. The molecule has 3 nitrogen and oxygen atoms in total. The molecule has 1 aromatic carbocycles. The van der Waals surface area contributed by atoms with E-state index in [-0.39, 0.29) is 17.5 Å². The topological polar surface area (TPSA) is 36.4 Å². The summed E-state index contributed by atoms with van der Waals surface area (Å²) in [7, 11) is 0. The first kappa shape index (κ1) is 13.3. The van der Waals surface area contributed by atoms with Crippen molar-refractivity contribution in [1.29, 1.82) is 0 Å². The monoisotopic (exact) mass is 279 g/mol. The van der Waals surface area contributed by atoms with E-state index < -0.39 is 11.6 Å². The van der Waals surface area contributed by atoms with Crippen molar-refractivity contribution in [2.24, 2.45) is 4.99 Å². The Morgan fingerprint density at radius 3 is 2.55 bits per heavy atom. The van der Waals surface area contributed by atoms with Gasteiger partial charge in [-0.15, -0.1) is 0 Å². The second-order valence-electron chi connectivity index (χ2n) is 5.47. The first-order valence-electron chi connectivity index (χ1n) is 7.20. The Bertz CT molecular complexity index is 506. The Kier molecular flexibility index (Phi) is 3.59. The van der Waals surface area contributed by atoms with Crippen LogP contribution in [0.25, 0.3) is 0 Å². The zero-order chi connectivity index (χ0) is 14.1. The number of benzene rings is 1. The van der Waals surface area contributed by atoms with Crippen molar-refractivity contribution in [2.45, 2.75) is 44.2 Å². The lowest BCUT2D eigenvalue weighted by Crippen LogP contribution is -2.40. The highest BCUT2D eigenvalue weighted by Crippen LogP contribution is 2.43. The number of guanidine groups is 1. The number of hydrogen-bond donors (Lipinski definition) is 2. The number of aliphatic imine (C=N–C) groups is 1. The molecule has 0 aliphatic heterocycles. The predicted octanol–water partition coefficient (Wildman–Crippen LogP) is 2.54. The van der Waals surface area contributed by atoms with Gasteiger partial charge in [0, 0.05) is 30.1 Å². The highest BCUT2D eigenvalue weighted by Gasteiger charge is 2.42. The van der Waals surface area contributed by atoms with Gasteiger partial charge in [-0.3, -0.25) is 4.99 Å². The maximum Gasteiger partial charge on any atom is 0.191 e. The van der Waals surface area contributed by atoms with E-state index in [0.717, 1.165) is 12.4 Å². The van der Waals surface area contributed by atoms with E-state index in [2.05, 4.69) is 15.6 Å². The van der Waals surface area contributed by atoms with Gasteiger partial charge >= 0.3 is 0 Å². The van der Waals surface area contributed by atoms with Crippen molar-refractivity contribution in [3.63, 3.8) is 0 Å². The van der Waals surface area contributed by atoms with Crippen LogP contribution in [0.5, 0.6) is 0 Å². The minimum atomic E-state index is -0.455. The highest BCUT2D eigenvalue weighted by atomic mass is 19.1. The maximum absolute atomic E-state index is 13.7. The normalized spacial score (nSPS) is 25.4. The summed E-state index contributed by atoms with van der Waals surface area (Å²) < 4.78 is 27.4. The van der Waals surface area contributed by atoms with Crippen LogP contribution in [-0.2, 0) is 0 Å². The third-order valence-corrected chi connectivity index (χ3v) is 3.72. The first-order chi connectivity index (χ1) is 9.69. The molecule has 0 saturated heterocycles. The van der Waals surface area contributed by atoms with Gasteiger partial charge in [0.05, 0.1) is 0 Å². The van der Waals surface area contributed by atoms with Crippen LogP contribution in [0.15, 0.2) is 23.2 Å². The molecular formula is C15H19F2N3. The molecule has 2 fully saturated rings. The van der Waals surface area contributed by atoms with E-state index in [1.807, 2.05) is 6.92 Å². The van der Waals surface area contributed by atoms with Crippen molar-refractivity contribution in [3.8, 4) is 0 Å². The molecule has 0 amide bonds. The molecule has 2 aliphatic carbocycles. The summed E-state index contributed by atoms with van der Waals surface area (Å²) in [5, 5.41) is 6.59. The second-order valence-corrected chi connectivity index (χ2v) is 5.47. The lowest BCUT2D eigenvalue weighted by molar-refractivity contribution is 0.553. The minimum Gasteiger partial charge on any atom is -0.354 e. The fourth-order valence-electron chi connectivity index (χ4n) is 2.43. The van der Waals surface area contributed by atoms with Crippen LogP contribution in [0.4, 0.5) is 8.78 Å². The van der Waals surface area contributed by atoms with Gasteiger partial charge in [0.2, 0.25) is 0 Å². The quantitative estimate of drug-likeness (QED) is 0.656. The van der Waals surface area contributed by atoms with Gasteiger partial charge in [-0.05, 0) is 38.3 Å². The number of hydrogen-bond acceptors (Lipinski definition) is 1. The molecule has 0 bridgehead atoms. The summed E-state index contributed by atoms with van der Waals surface area (Å²) in [6.45, 7) is 2.66. The molecule has 2 N–H and O–H groups in total. The van der Waals surface area contributed by atoms with Crippen LogP contribution in [0.3, 0.4) is 0 Å². The molecule has 2 aliphatic rings. The van der Waals surface area contributed by atoms with Crippen LogP contribution in [0, 0.1) is 11.6 Å². The highest BCUT2D eigenvalue weighted by molar-refractivity contribution is 5.81. The zero-order valence-corrected chi connectivity index (χ0v) is 11.5. The van der Waals surface area contributed by atoms with E-state index in [9.17, 15) is 8.78 Å². The van der Waals surface area contributed by atoms with Crippen molar-refractivity contribution in [2.75, 3.05) is 6.54 Å². The molecule has 3 rings (SSSR count). The minimum absolute atomic E-state index is 0.0675. The summed E-state index contributed by atoms with van der Waals surface area (Å²) in [5.41, 5.74) is 0.201. The molecule has 0 radical (unpaired) electrons. The van der Waals surface area contributed by atoms with Gasteiger partial charge in [-0.2, -0.15) is 0 Å². The van der Waals surface area contributed by atoms with Crippen molar-refractivity contribution < 1.29 is 8.78 Å². The third-order valence-electron chi connectivity index (χ3n) is 3.72. The van der Waals surface area contributed by atoms with Crippen LogP contribution in [0.2, 0.25) is 0 Å². The van der Waals surface area contributed by atoms with Gasteiger partial charge in [-0.25, -0.2) is 8.78 Å². The number of nitrogens with one attached hydrogen (secondary N) is 2. The standard InChI is InChI=1S/C15H19F2N3/c1-2-18-15(19-9-6-7-9)20-13-8-10(13)14-11(16)4-3-5-12(14)17/h3-5,9-10,13H,2,6-8H2,1H3,(H2,18,19,20). The van der Waals surface area contributed by atoms with Gasteiger partial charge < -0.3 is 10.6 Å². The zero-order valence-electron chi connectivity index (χ0n) is 11.5. The van der Waals surface area contributed by atoms with Gasteiger partial charge in [-0.1, -0.05) is 6.07 Å². The number of nitrogens with zero attached hydrogens (tertiary/aromatic N) is 1. The smallest absolute Gasteiger partial charge is 0.191 e. The molecule has 2 atom stereocenters. The average molecular weight is 279 g/mol. The second kappa shape index (κ2) is 5.38. The van der Waals surface area contributed by atoms with Gasteiger partial charge in [0.25, 0.3) is 0 Å². The average Bonchev–Trinajstić information content (AvgIpc) is 3.28. The van der Waals surface area contributed by atoms with Crippen molar-refractivity contribution >= 4 is 5.96 Å². The number of rotatable bonds is 4. The summed E-state index contributed by atoms with van der Waals surface area (Å²) >= 11 is 0. The molecule has 5 heteroatoms. The van der Waals surface area contributed by atoms with Crippen molar-refractivity contribution in [1.82, 2.24) is 10.6 Å². The maximum atomic E-state index is 13.7. The molecule has 2 unspecified atom stereocenters. The SMILES string of the molecule is CCN=C(NC1CC1)NC1CC1c1c(F)cccc1F. The molecular weight excluding hydrogens is 260 g/mol. The summed E-state index contributed by atoms with van der Waals surface area (Å²) in [5.74, 6) is -0.245. The number of halogens is 2. The van der Waals surface area contributed by atoms with E-state index in [4.69, 9.17) is 0 Å². The van der Waals surface area contributed by atoms with E-state index in [1.54, 1.807) is 0 Å². The molecule has 20 heavy (non-hydrogen) atoms. The lowest BCUT2D eigenvalue weighted by atomic mass is 10.1. The van der Waals surface area contributed by atoms with Gasteiger partial charge in [0.15, 0.2) is 5.96 Å². The molecule has 0 spiro atoms. The molecule has 108 valence electrons. The van der Waals surface area contributed by atoms with E-state index in [0.29, 0.717) is 12.6 Å².